The molecule has 3 aromatic rings. The molecule has 1 atom stereocenters. The first kappa shape index (κ1) is 17.2. The molecule has 1 unspecified atom stereocenters. The van der Waals surface area contributed by atoms with Crippen LogP contribution in [0, 0.1) is 10.1 Å². The minimum absolute atomic E-state index is 0.0545. The van der Waals surface area contributed by atoms with Crippen molar-refractivity contribution in [1.82, 2.24) is 10.1 Å². The molecule has 0 spiro atoms. The Morgan fingerprint density at radius 2 is 2.04 bits per heavy atom. The van der Waals surface area contributed by atoms with Crippen LogP contribution in [0.15, 0.2) is 47.0 Å². The van der Waals surface area contributed by atoms with Gasteiger partial charge in [0.1, 0.15) is 5.75 Å². The van der Waals surface area contributed by atoms with Gasteiger partial charge in [0.25, 0.3) is 11.6 Å². The van der Waals surface area contributed by atoms with Crippen molar-refractivity contribution in [2.75, 3.05) is 0 Å². The number of halogens is 2. The molecule has 3 rings (SSSR count). The Bertz CT molecular complexity index is 929. The normalized spacial score (nSPS) is 12.0. The summed E-state index contributed by atoms with van der Waals surface area (Å²) >= 11 is 11.9. The SMILES string of the molecule is CC(Oc1ccc(Cl)cc1Cl)c1nc(-c2cccc([N+](=O)[O-])c2)no1. The van der Waals surface area contributed by atoms with Crippen molar-refractivity contribution in [3.63, 3.8) is 0 Å². The second-order valence-corrected chi connectivity index (χ2v) is 5.94. The molecular formula is C16H11Cl2N3O4. The summed E-state index contributed by atoms with van der Waals surface area (Å²) in [5, 5.41) is 15.6. The van der Waals surface area contributed by atoms with Crippen molar-refractivity contribution in [2.24, 2.45) is 0 Å². The van der Waals surface area contributed by atoms with Crippen molar-refractivity contribution in [3.05, 3.63) is 68.5 Å². The molecule has 1 heterocycles. The Hall–Kier alpha value is -2.64. The van der Waals surface area contributed by atoms with Crippen molar-refractivity contribution >= 4 is 28.9 Å². The van der Waals surface area contributed by atoms with E-state index in [1.807, 2.05) is 0 Å². The van der Waals surface area contributed by atoms with E-state index in [0.717, 1.165) is 0 Å². The largest absolute Gasteiger partial charge is 0.479 e. The molecule has 0 fully saturated rings. The highest BCUT2D eigenvalue weighted by atomic mass is 35.5. The third-order valence-corrected chi connectivity index (χ3v) is 3.83. The minimum atomic E-state index is -0.571. The number of nitro groups is 1. The summed E-state index contributed by atoms with van der Waals surface area (Å²) in [5.74, 6) is 0.873. The van der Waals surface area contributed by atoms with Crippen LogP contribution < -0.4 is 4.74 Å². The maximum Gasteiger partial charge on any atom is 0.270 e. The van der Waals surface area contributed by atoms with Crippen molar-refractivity contribution < 1.29 is 14.2 Å². The van der Waals surface area contributed by atoms with Gasteiger partial charge in [0.2, 0.25) is 5.82 Å². The summed E-state index contributed by atoms with van der Waals surface area (Å²) in [6.07, 6.45) is -0.571. The summed E-state index contributed by atoms with van der Waals surface area (Å²) in [5.41, 5.74) is 0.419. The lowest BCUT2D eigenvalue weighted by atomic mass is 10.2. The van der Waals surface area contributed by atoms with Crippen LogP contribution in [-0.4, -0.2) is 15.1 Å². The summed E-state index contributed by atoms with van der Waals surface area (Å²) in [6.45, 7) is 1.72. The maximum atomic E-state index is 10.9. The molecule has 25 heavy (non-hydrogen) atoms. The smallest absolute Gasteiger partial charge is 0.270 e. The van der Waals surface area contributed by atoms with Crippen LogP contribution in [0.5, 0.6) is 5.75 Å². The topological polar surface area (TPSA) is 91.3 Å². The number of benzene rings is 2. The number of nitro benzene ring substituents is 1. The van der Waals surface area contributed by atoms with Crippen LogP contribution in [-0.2, 0) is 0 Å². The van der Waals surface area contributed by atoms with Crippen molar-refractivity contribution in [1.29, 1.82) is 0 Å². The third-order valence-electron chi connectivity index (χ3n) is 3.30. The molecule has 128 valence electrons. The lowest BCUT2D eigenvalue weighted by Gasteiger charge is -2.12. The second kappa shape index (κ2) is 7.08. The molecule has 0 bridgehead atoms. The molecule has 0 saturated heterocycles. The van der Waals surface area contributed by atoms with E-state index in [9.17, 15) is 10.1 Å². The molecule has 2 aromatic carbocycles. The van der Waals surface area contributed by atoms with E-state index in [1.54, 1.807) is 37.3 Å². The fourth-order valence-corrected chi connectivity index (χ4v) is 2.54. The van der Waals surface area contributed by atoms with Gasteiger partial charge in [-0.15, -0.1) is 0 Å². The molecule has 0 aliphatic carbocycles. The molecule has 9 heteroatoms. The lowest BCUT2D eigenvalue weighted by Crippen LogP contribution is -2.03. The van der Waals surface area contributed by atoms with Gasteiger partial charge in [0.05, 0.1) is 9.95 Å². The number of aromatic nitrogens is 2. The van der Waals surface area contributed by atoms with Crippen LogP contribution >= 0.6 is 23.2 Å². The molecule has 0 amide bonds. The number of hydrogen-bond acceptors (Lipinski definition) is 6. The lowest BCUT2D eigenvalue weighted by molar-refractivity contribution is -0.384. The fourth-order valence-electron chi connectivity index (χ4n) is 2.09. The van der Waals surface area contributed by atoms with E-state index in [2.05, 4.69) is 10.1 Å². The summed E-state index contributed by atoms with van der Waals surface area (Å²) in [7, 11) is 0. The highest BCUT2D eigenvalue weighted by Crippen LogP contribution is 2.31. The highest BCUT2D eigenvalue weighted by Gasteiger charge is 2.19. The van der Waals surface area contributed by atoms with Gasteiger partial charge in [0.15, 0.2) is 6.10 Å². The second-order valence-electron chi connectivity index (χ2n) is 5.10. The summed E-state index contributed by atoms with van der Waals surface area (Å²) in [4.78, 5) is 14.6. The molecule has 0 aliphatic heterocycles. The predicted octanol–water partition coefficient (Wildman–Crippen LogP) is 5.09. The highest BCUT2D eigenvalue weighted by molar-refractivity contribution is 6.35. The molecule has 0 aliphatic rings. The zero-order chi connectivity index (χ0) is 18.0. The van der Waals surface area contributed by atoms with E-state index in [4.69, 9.17) is 32.5 Å². The first-order valence-corrected chi connectivity index (χ1v) is 7.90. The van der Waals surface area contributed by atoms with Crippen molar-refractivity contribution in [2.45, 2.75) is 13.0 Å². The Morgan fingerprint density at radius 3 is 2.76 bits per heavy atom. The predicted molar refractivity (Wildman–Crippen MR) is 91.9 cm³/mol. The van der Waals surface area contributed by atoms with Gasteiger partial charge in [-0.3, -0.25) is 10.1 Å². The average molecular weight is 380 g/mol. The third kappa shape index (κ3) is 3.89. The Morgan fingerprint density at radius 1 is 1.24 bits per heavy atom. The van der Waals surface area contributed by atoms with Crippen molar-refractivity contribution in [3.8, 4) is 17.1 Å². The number of hydrogen-bond donors (Lipinski definition) is 0. The maximum absolute atomic E-state index is 10.9. The Balaban J connectivity index is 1.81. The first-order valence-electron chi connectivity index (χ1n) is 7.14. The number of nitrogens with zero attached hydrogens (tertiary/aromatic N) is 3. The monoisotopic (exact) mass is 379 g/mol. The average Bonchev–Trinajstić information content (AvgIpc) is 3.07. The molecule has 1 aromatic heterocycles. The quantitative estimate of drug-likeness (QED) is 0.452. The van der Waals surface area contributed by atoms with Gasteiger partial charge in [-0.1, -0.05) is 40.5 Å². The number of rotatable bonds is 5. The zero-order valence-electron chi connectivity index (χ0n) is 12.8. The molecule has 7 nitrogen and oxygen atoms in total. The van der Waals surface area contributed by atoms with Gasteiger partial charge >= 0.3 is 0 Å². The molecular weight excluding hydrogens is 369 g/mol. The number of non-ortho nitro benzene ring substituents is 1. The van der Waals surface area contributed by atoms with Crippen LogP contribution in [0.2, 0.25) is 10.0 Å². The van der Waals surface area contributed by atoms with Crippen LogP contribution in [0.25, 0.3) is 11.4 Å². The van der Waals surface area contributed by atoms with Gasteiger partial charge in [-0.05, 0) is 25.1 Å². The van der Waals surface area contributed by atoms with E-state index < -0.39 is 11.0 Å². The molecule has 0 saturated carbocycles. The van der Waals surface area contributed by atoms with E-state index in [-0.39, 0.29) is 17.4 Å². The van der Waals surface area contributed by atoms with Crippen LogP contribution in [0.3, 0.4) is 0 Å². The van der Waals surface area contributed by atoms with E-state index in [0.29, 0.717) is 21.4 Å². The zero-order valence-corrected chi connectivity index (χ0v) is 14.4. The molecule has 0 N–H and O–H groups in total. The van der Waals surface area contributed by atoms with Gasteiger partial charge in [-0.25, -0.2) is 0 Å². The summed E-state index contributed by atoms with van der Waals surface area (Å²) in [6, 6.07) is 10.8. The van der Waals surface area contributed by atoms with Gasteiger partial charge in [0, 0.05) is 22.7 Å². The number of ether oxygens (including phenoxy) is 1. The van der Waals surface area contributed by atoms with Crippen LogP contribution in [0.1, 0.15) is 18.9 Å². The minimum Gasteiger partial charge on any atom is -0.479 e. The summed E-state index contributed by atoms with van der Waals surface area (Å²) < 4.78 is 10.9. The standard InChI is InChI=1S/C16H11Cl2N3O4/c1-9(24-14-6-5-11(17)8-13(14)18)16-19-15(20-25-16)10-3-2-4-12(7-10)21(22)23/h2-9H,1H3. The van der Waals surface area contributed by atoms with Crippen LogP contribution in [0.4, 0.5) is 5.69 Å². The molecule has 0 radical (unpaired) electrons. The van der Waals surface area contributed by atoms with Gasteiger partial charge < -0.3 is 9.26 Å². The Labute approximate surface area is 152 Å². The van der Waals surface area contributed by atoms with Gasteiger partial charge in [-0.2, -0.15) is 4.98 Å². The van der Waals surface area contributed by atoms with E-state index in [1.165, 1.54) is 12.1 Å². The van der Waals surface area contributed by atoms with E-state index >= 15 is 0 Å². The fraction of sp³-hybridized carbons (Fsp3) is 0.125. The first-order chi connectivity index (χ1) is 11.9. The Kier molecular flexibility index (Phi) is 4.87.